The summed E-state index contributed by atoms with van der Waals surface area (Å²) in [5.74, 6) is -0.790. The van der Waals surface area contributed by atoms with E-state index in [1.807, 2.05) is 13.8 Å². The summed E-state index contributed by atoms with van der Waals surface area (Å²) in [5.41, 5.74) is 2.02. The predicted octanol–water partition coefficient (Wildman–Crippen LogP) is 3.50. The molecule has 2 amide bonds. The maximum atomic E-state index is 13.0. The van der Waals surface area contributed by atoms with Gasteiger partial charge in [-0.3, -0.25) is 9.59 Å². The Kier molecular flexibility index (Phi) is 6.41. The summed E-state index contributed by atoms with van der Waals surface area (Å²) in [6.07, 6.45) is 0.532. The molecule has 0 spiro atoms. The monoisotopic (exact) mass is 384 g/mol. The van der Waals surface area contributed by atoms with Crippen LogP contribution in [0.1, 0.15) is 29.8 Å². The highest BCUT2D eigenvalue weighted by Gasteiger charge is 2.23. The number of carbonyl (C=O) groups excluding carboxylic acids is 2. The Balaban J connectivity index is 1.62. The molecular formula is C22H25FN2O3. The minimum atomic E-state index is -0.294. The summed E-state index contributed by atoms with van der Waals surface area (Å²) in [5, 5.41) is 2.87. The zero-order valence-corrected chi connectivity index (χ0v) is 16.2. The van der Waals surface area contributed by atoms with E-state index in [-0.39, 0.29) is 29.7 Å². The molecule has 2 aromatic carbocycles. The molecule has 0 radical (unpaired) electrons. The van der Waals surface area contributed by atoms with E-state index in [0.29, 0.717) is 37.4 Å². The van der Waals surface area contributed by atoms with E-state index in [1.54, 1.807) is 41.3 Å². The van der Waals surface area contributed by atoms with Gasteiger partial charge < -0.3 is 15.0 Å². The minimum Gasteiger partial charge on any atom is -0.375 e. The highest BCUT2D eigenvalue weighted by Crippen LogP contribution is 2.17. The fraction of sp³-hybridized carbons (Fsp3) is 0.364. The molecule has 0 saturated carbocycles. The molecule has 0 bridgehead atoms. The molecule has 0 aromatic heterocycles. The molecule has 1 heterocycles. The van der Waals surface area contributed by atoms with E-state index in [2.05, 4.69) is 5.32 Å². The lowest BCUT2D eigenvalue weighted by Crippen LogP contribution is -2.44. The third-order valence-corrected chi connectivity index (χ3v) is 4.81. The van der Waals surface area contributed by atoms with E-state index in [4.69, 9.17) is 4.74 Å². The van der Waals surface area contributed by atoms with Crippen molar-refractivity contribution in [2.75, 3.05) is 25.0 Å². The predicted molar refractivity (Wildman–Crippen MR) is 106 cm³/mol. The Labute approximate surface area is 164 Å². The molecule has 1 aliphatic heterocycles. The van der Waals surface area contributed by atoms with Crippen LogP contribution >= 0.6 is 0 Å². The van der Waals surface area contributed by atoms with Crippen molar-refractivity contribution in [1.29, 1.82) is 0 Å². The Hall–Kier alpha value is -2.73. The van der Waals surface area contributed by atoms with Crippen LogP contribution in [0.5, 0.6) is 0 Å². The highest BCUT2D eigenvalue weighted by atomic mass is 19.1. The van der Waals surface area contributed by atoms with Crippen molar-refractivity contribution in [2.24, 2.45) is 5.92 Å². The molecule has 2 aromatic rings. The molecule has 2 unspecified atom stereocenters. The van der Waals surface area contributed by atoms with Crippen LogP contribution in [0.4, 0.5) is 10.1 Å². The number of amides is 2. The second-order valence-electron chi connectivity index (χ2n) is 7.23. The lowest BCUT2D eigenvalue weighted by molar-refractivity contribution is -0.119. The second kappa shape index (κ2) is 8.97. The average molecular weight is 384 g/mol. The zero-order valence-electron chi connectivity index (χ0n) is 16.2. The van der Waals surface area contributed by atoms with Crippen molar-refractivity contribution < 1.29 is 18.7 Å². The van der Waals surface area contributed by atoms with Crippen LogP contribution in [0.15, 0.2) is 48.5 Å². The number of anilines is 1. The van der Waals surface area contributed by atoms with Crippen LogP contribution in [0, 0.1) is 11.7 Å². The van der Waals surface area contributed by atoms with Crippen molar-refractivity contribution >= 4 is 17.5 Å². The van der Waals surface area contributed by atoms with Gasteiger partial charge in [-0.15, -0.1) is 0 Å². The van der Waals surface area contributed by atoms with Gasteiger partial charge in [-0.05, 0) is 49.2 Å². The van der Waals surface area contributed by atoms with E-state index >= 15 is 0 Å². The SMILES string of the molecule is CC1CN(C(=O)c2cccc(NC(=O)C(C)Cc3ccc(F)cc3)c2)CCO1. The van der Waals surface area contributed by atoms with Crippen LogP contribution in [-0.4, -0.2) is 42.5 Å². The molecular weight excluding hydrogens is 359 g/mol. The lowest BCUT2D eigenvalue weighted by atomic mass is 10.00. The van der Waals surface area contributed by atoms with Crippen LogP contribution < -0.4 is 5.32 Å². The van der Waals surface area contributed by atoms with Crippen molar-refractivity contribution in [3.05, 3.63) is 65.5 Å². The average Bonchev–Trinajstić information content (AvgIpc) is 2.69. The maximum Gasteiger partial charge on any atom is 0.254 e. The second-order valence-corrected chi connectivity index (χ2v) is 7.23. The van der Waals surface area contributed by atoms with E-state index in [0.717, 1.165) is 5.56 Å². The maximum absolute atomic E-state index is 13.0. The number of morpholine rings is 1. The van der Waals surface area contributed by atoms with Gasteiger partial charge in [0.2, 0.25) is 5.91 Å². The zero-order chi connectivity index (χ0) is 20.1. The summed E-state index contributed by atoms with van der Waals surface area (Å²) in [6.45, 7) is 5.42. The number of nitrogens with one attached hydrogen (secondary N) is 1. The number of hydrogen-bond donors (Lipinski definition) is 1. The number of hydrogen-bond acceptors (Lipinski definition) is 3. The number of halogens is 1. The van der Waals surface area contributed by atoms with Crippen LogP contribution in [-0.2, 0) is 16.0 Å². The largest absolute Gasteiger partial charge is 0.375 e. The molecule has 2 atom stereocenters. The van der Waals surface area contributed by atoms with Crippen molar-refractivity contribution in [3.63, 3.8) is 0 Å². The molecule has 1 fully saturated rings. The Morgan fingerprint density at radius 3 is 2.71 bits per heavy atom. The lowest BCUT2D eigenvalue weighted by Gasteiger charge is -2.31. The fourth-order valence-electron chi connectivity index (χ4n) is 3.25. The summed E-state index contributed by atoms with van der Waals surface area (Å²) in [7, 11) is 0. The minimum absolute atomic E-state index is 0.0212. The van der Waals surface area contributed by atoms with Gasteiger partial charge in [-0.1, -0.05) is 25.1 Å². The Morgan fingerprint density at radius 1 is 1.25 bits per heavy atom. The molecule has 1 saturated heterocycles. The summed E-state index contributed by atoms with van der Waals surface area (Å²) < 4.78 is 18.5. The Bertz CT molecular complexity index is 838. The number of nitrogens with zero attached hydrogens (tertiary/aromatic N) is 1. The van der Waals surface area contributed by atoms with Crippen molar-refractivity contribution in [1.82, 2.24) is 4.90 Å². The van der Waals surface area contributed by atoms with Gasteiger partial charge in [-0.2, -0.15) is 0 Å². The van der Waals surface area contributed by atoms with Crippen LogP contribution in [0.2, 0.25) is 0 Å². The molecule has 1 N–H and O–H groups in total. The first-order valence-electron chi connectivity index (χ1n) is 9.48. The number of benzene rings is 2. The standard InChI is InChI=1S/C22H25FN2O3/c1-15(12-17-6-8-19(23)9-7-17)21(26)24-20-5-3-4-18(13-20)22(27)25-10-11-28-16(2)14-25/h3-9,13,15-16H,10-12,14H2,1-2H3,(H,24,26). The Morgan fingerprint density at radius 2 is 2.00 bits per heavy atom. The number of carbonyl (C=O) groups is 2. The third kappa shape index (κ3) is 5.16. The third-order valence-electron chi connectivity index (χ3n) is 4.81. The molecule has 6 heteroatoms. The normalized spacial score (nSPS) is 17.8. The van der Waals surface area contributed by atoms with Gasteiger partial charge >= 0.3 is 0 Å². The highest BCUT2D eigenvalue weighted by molar-refractivity contribution is 5.97. The van der Waals surface area contributed by atoms with E-state index in [9.17, 15) is 14.0 Å². The van der Waals surface area contributed by atoms with E-state index in [1.165, 1.54) is 12.1 Å². The van der Waals surface area contributed by atoms with E-state index < -0.39 is 0 Å². The van der Waals surface area contributed by atoms with Gasteiger partial charge in [0.25, 0.3) is 5.91 Å². The smallest absolute Gasteiger partial charge is 0.254 e. The molecule has 1 aliphatic rings. The first-order chi connectivity index (χ1) is 13.4. The molecule has 5 nitrogen and oxygen atoms in total. The van der Waals surface area contributed by atoms with Crippen molar-refractivity contribution in [3.8, 4) is 0 Å². The first-order valence-corrected chi connectivity index (χ1v) is 9.48. The summed E-state index contributed by atoms with van der Waals surface area (Å²) in [6, 6.07) is 13.1. The van der Waals surface area contributed by atoms with Gasteiger partial charge in [-0.25, -0.2) is 4.39 Å². The topological polar surface area (TPSA) is 58.6 Å². The quantitative estimate of drug-likeness (QED) is 0.858. The van der Waals surface area contributed by atoms with Gasteiger partial charge in [0.1, 0.15) is 5.82 Å². The summed E-state index contributed by atoms with van der Waals surface area (Å²) in [4.78, 5) is 27.0. The van der Waals surface area contributed by atoms with Gasteiger partial charge in [0, 0.05) is 30.3 Å². The van der Waals surface area contributed by atoms with Crippen LogP contribution in [0.3, 0.4) is 0 Å². The van der Waals surface area contributed by atoms with Crippen LogP contribution in [0.25, 0.3) is 0 Å². The van der Waals surface area contributed by atoms with Gasteiger partial charge in [0.05, 0.1) is 12.7 Å². The van der Waals surface area contributed by atoms with Gasteiger partial charge in [0.15, 0.2) is 0 Å². The molecule has 0 aliphatic carbocycles. The summed E-state index contributed by atoms with van der Waals surface area (Å²) >= 11 is 0. The number of ether oxygens (including phenoxy) is 1. The number of rotatable bonds is 5. The molecule has 148 valence electrons. The molecule has 3 rings (SSSR count). The van der Waals surface area contributed by atoms with Crippen molar-refractivity contribution in [2.45, 2.75) is 26.4 Å². The fourth-order valence-corrected chi connectivity index (χ4v) is 3.25. The molecule has 28 heavy (non-hydrogen) atoms. The first kappa shape index (κ1) is 20.0.